The smallest absolute Gasteiger partial charge is 0.320 e. The highest BCUT2D eigenvalue weighted by molar-refractivity contribution is 5.80. The Labute approximate surface area is 139 Å². The Morgan fingerprint density at radius 3 is 1.88 bits per heavy atom. The Morgan fingerprint density at radius 1 is 0.833 bits per heavy atom. The Hall–Kier alpha value is -2.04. The lowest BCUT2D eigenvalue weighted by Gasteiger charge is -2.20. The molecular formula is C14H24N2O8. The minimum atomic E-state index is -1.16. The van der Waals surface area contributed by atoms with Gasteiger partial charge in [0.2, 0.25) is 0 Å². The van der Waals surface area contributed by atoms with Gasteiger partial charge in [0.15, 0.2) is 0 Å². The van der Waals surface area contributed by atoms with Crippen LogP contribution < -0.4 is 0 Å². The second-order valence-corrected chi connectivity index (χ2v) is 5.12. The number of carboxylic acids is 2. The monoisotopic (exact) mass is 348 g/mol. The first kappa shape index (κ1) is 22.0. The van der Waals surface area contributed by atoms with E-state index in [4.69, 9.17) is 19.7 Å². The van der Waals surface area contributed by atoms with Gasteiger partial charge in [-0.3, -0.25) is 29.0 Å². The summed E-state index contributed by atoms with van der Waals surface area (Å²) in [6.45, 7) is 0.999. The first-order valence-electron chi connectivity index (χ1n) is 7.27. The van der Waals surface area contributed by atoms with Gasteiger partial charge in [-0.15, -0.1) is 0 Å². The number of carboxylic acid groups (broad SMARTS) is 2. The maximum absolute atomic E-state index is 11.7. The summed E-state index contributed by atoms with van der Waals surface area (Å²) in [6.07, 6.45) is 0. The third-order valence-corrected chi connectivity index (χ3v) is 2.80. The van der Waals surface area contributed by atoms with Gasteiger partial charge in [0.1, 0.15) is 12.4 Å². The second-order valence-electron chi connectivity index (χ2n) is 5.12. The van der Waals surface area contributed by atoms with Crippen molar-refractivity contribution in [3.05, 3.63) is 0 Å². The molecule has 0 rings (SSSR count). The molecule has 0 aromatic heterocycles. The molecule has 10 nitrogen and oxygen atoms in total. The molecule has 0 aliphatic carbocycles. The zero-order valence-electron chi connectivity index (χ0n) is 13.9. The van der Waals surface area contributed by atoms with Crippen LogP contribution in [0.4, 0.5) is 0 Å². The Bertz CT molecular complexity index is 424. The van der Waals surface area contributed by atoms with Crippen molar-refractivity contribution in [1.29, 1.82) is 0 Å². The number of Topliss-reactive ketones (excluding diaryl/α,β-unsaturated/α-hetero) is 1. The maximum Gasteiger partial charge on any atom is 0.320 e. The van der Waals surface area contributed by atoms with Crippen molar-refractivity contribution in [2.75, 3.05) is 59.6 Å². The van der Waals surface area contributed by atoms with Gasteiger partial charge < -0.3 is 19.7 Å². The summed E-state index contributed by atoms with van der Waals surface area (Å²) in [5.41, 5.74) is 0. The molecule has 0 unspecified atom stereocenters. The molecule has 0 atom stereocenters. The van der Waals surface area contributed by atoms with Crippen LogP contribution in [0.15, 0.2) is 0 Å². The van der Waals surface area contributed by atoms with Gasteiger partial charge >= 0.3 is 17.9 Å². The highest BCUT2D eigenvalue weighted by Crippen LogP contribution is 1.94. The SMILES string of the molecule is COCCN(CCOC(=O)CN(CC(C)=O)CC(=O)O)CC(=O)O. The number of ketones is 1. The molecule has 0 aromatic rings. The van der Waals surface area contributed by atoms with E-state index in [1.807, 2.05) is 0 Å². The van der Waals surface area contributed by atoms with Gasteiger partial charge in [0.25, 0.3) is 0 Å². The van der Waals surface area contributed by atoms with Crippen LogP contribution in [0.1, 0.15) is 6.92 Å². The fourth-order valence-electron chi connectivity index (χ4n) is 1.87. The van der Waals surface area contributed by atoms with E-state index in [2.05, 4.69) is 0 Å². The molecule has 0 aliphatic heterocycles. The number of rotatable bonds is 14. The average Bonchev–Trinajstić information content (AvgIpc) is 2.42. The van der Waals surface area contributed by atoms with Crippen molar-refractivity contribution in [1.82, 2.24) is 9.80 Å². The number of aliphatic carboxylic acids is 2. The lowest BCUT2D eigenvalue weighted by atomic mass is 10.3. The highest BCUT2D eigenvalue weighted by atomic mass is 16.5. The molecule has 0 saturated heterocycles. The highest BCUT2D eigenvalue weighted by Gasteiger charge is 2.17. The third kappa shape index (κ3) is 12.5. The van der Waals surface area contributed by atoms with Crippen molar-refractivity contribution in [3.8, 4) is 0 Å². The molecule has 0 amide bonds. The van der Waals surface area contributed by atoms with Gasteiger partial charge in [-0.25, -0.2) is 0 Å². The standard InChI is InChI=1S/C14H24N2O8/c1-11(17)7-16(9-13(20)21)10-14(22)24-6-4-15(3-5-23-2)8-12(18)19/h3-10H2,1-2H3,(H,18,19)(H,20,21). The van der Waals surface area contributed by atoms with E-state index in [-0.39, 0.29) is 38.6 Å². The van der Waals surface area contributed by atoms with E-state index in [1.54, 1.807) is 4.90 Å². The van der Waals surface area contributed by atoms with Crippen LogP contribution in [0.3, 0.4) is 0 Å². The van der Waals surface area contributed by atoms with Gasteiger partial charge in [0, 0.05) is 20.2 Å². The van der Waals surface area contributed by atoms with Crippen LogP contribution >= 0.6 is 0 Å². The molecule has 10 heteroatoms. The Kier molecular flexibility index (Phi) is 11.3. The first-order chi connectivity index (χ1) is 11.2. The van der Waals surface area contributed by atoms with Gasteiger partial charge in [-0.2, -0.15) is 0 Å². The van der Waals surface area contributed by atoms with Gasteiger partial charge in [-0.05, 0) is 6.92 Å². The maximum atomic E-state index is 11.7. The van der Waals surface area contributed by atoms with Crippen molar-refractivity contribution >= 4 is 23.7 Å². The molecule has 0 spiro atoms. The van der Waals surface area contributed by atoms with Crippen molar-refractivity contribution in [2.45, 2.75) is 6.92 Å². The van der Waals surface area contributed by atoms with Crippen molar-refractivity contribution < 1.29 is 38.9 Å². The summed E-state index contributed by atoms with van der Waals surface area (Å²) in [7, 11) is 1.49. The normalized spacial score (nSPS) is 10.8. The summed E-state index contributed by atoms with van der Waals surface area (Å²) in [4.78, 5) is 46.9. The molecule has 24 heavy (non-hydrogen) atoms. The predicted octanol–water partition coefficient (Wildman–Crippen LogP) is -1.46. The summed E-state index contributed by atoms with van der Waals surface area (Å²) in [5.74, 6) is -3.11. The summed E-state index contributed by atoms with van der Waals surface area (Å²) >= 11 is 0. The summed E-state index contributed by atoms with van der Waals surface area (Å²) in [5, 5.41) is 17.5. The number of esters is 1. The number of methoxy groups -OCH3 is 1. The van der Waals surface area contributed by atoms with E-state index < -0.39 is 24.5 Å². The van der Waals surface area contributed by atoms with E-state index in [9.17, 15) is 19.2 Å². The number of hydrogen-bond acceptors (Lipinski definition) is 8. The van der Waals surface area contributed by atoms with Crippen LogP contribution in [0.25, 0.3) is 0 Å². The van der Waals surface area contributed by atoms with Crippen molar-refractivity contribution in [3.63, 3.8) is 0 Å². The molecule has 0 heterocycles. The van der Waals surface area contributed by atoms with Crippen LogP contribution in [-0.4, -0.2) is 103 Å². The minimum absolute atomic E-state index is 0.0448. The zero-order valence-corrected chi connectivity index (χ0v) is 13.9. The fourth-order valence-corrected chi connectivity index (χ4v) is 1.87. The molecule has 0 bridgehead atoms. The topological polar surface area (TPSA) is 134 Å². The van der Waals surface area contributed by atoms with Crippen LogP contribution in [-0.2, 0) is 28.7 Å². The third-order valence-electron chi connectivity index (χ3n) is 2.80. The number of ether oxygens (including phenoxy) is 2. The summed E-state index contributed by atoms with van der Waals surface area (Å²) < 4.78 is 9.84. The molecule has 0 aromatic carbocycles. The molecular weight excluding hydrogens is 324 g/mol. The number of hydrogen-bond donors (Lipinski definition) is 2. The Balaban J connectivity index is 4.29. The molecule has 0 radical (unpaired) electrons. The first-order valence-corrected chi connectivity index (χ1v) is 7.27. The Morgan fingerprint density at radius 2 is 1.38 bits per heavy atom. The quantitative estimate of drug-likeness (QED) is 0.359. The van der Waals surface area contributed by atoms with E-state index in [1.165, 1.54) is 14.0 Å². The molecule has 0 aliphatic rings. The van der Waals surface area contributed by atoms with Crippen molar-refractivity contribution in [2.24, 2.45) is 0 Å². The van der Waals surface area contributed by atoms with Crippen LogP contribution in [0, 0.1) is 0 Å². The number of nitrogens with zero attached hydrogens (tertiary/aromatic N) is 2. The summed E-state index contributed by atoms with van der Waals surface area (Å²) in [6, 6.07) is 0. The van der Waals surface area contributed by atoms with Crippen LogP contribution in [0.5, 0.6) is 0 Å². The number of carbonyl (C=O) groups excluding carboxylic acids is 2. The second kappa shape index (κ2) is 12.4. The van der Waals surface area contributed by atoms with Gasteiger partial charge in [0.05, 0.1) is 32.8 Å². The largest absolute Gasteiger partial charge is 0.480 e. The number of carbonyl (C=O) groups is 4. The lowest BCUT2D eigenvalue weighted by molar-refractivity contribution is -0.147. The van der Waals surface area contributed by atoms with E-state index >= 15 is 0 Å². The van der Waals surface area contributed by atoms with E-state index in [0.29, 0.717) is 13.2 Å². The van der Waals surface area contributed by atoms with Crippen LogP contribution in [0.2, 0.25) is 0 Å². The molecule has 2 N–H and O–H groups in total. The average molecular weight is 348 g/mol. The van der Waals surface area contributed by atoms with E-state index in [0.717, 1.165) is 4.90 Å². The molecule has 138 valence electrons. The minimum Gasteiger partial charge on any atom is -0.480 e. The zero-order chi connectivity index (χ0) is 18.5. The van der Waals surface area contributed by atoms with Gasteiger partial charge in [-0.1, -0.05) is 0 Å². The molecule has 0 saturated carbocycles. The lowest BCUT2D eigenvalue weighted by Crippen LogP contribution is -2.39. The fraction of sp³-hybridized carbons (Fsp3) is 0.714. The molecule has 0 fully saturated rings. The predicted molar refractivity (Wildman–Crippen MR) is 81.7 cm³/mol.